The molecule has 0 fully saturated rings. The molecule has 134 valence electrons. The first-order valence-corrected chi connectivity index (χ1v) is 9.69. The molecule has 2 aromatic carbocycles. The average molecular weight is 381 g/mol. The highest BCUT2D eigenvalue weighted by Crippen LogP contribution is 2.14. The number of halogens is 1. The lowest BCUT2D eigenvalue weighted by atomic mass is 10.1. The van der Waals surface area contributed by atoms with Gasteiger partial charge in [0.25, 0.3) is 0 Å². The molecule has 0 heterocycles. The maximum absolute atomic E-state index is 12.2. The Morgan fingerprint density at radius 1 is 1.12 bits per heavy atom. The first kappa shape index (κ1) is 19.4. The topological polar surface area (TPSA) is 66.5 Å². The van der Waals surface area contributed by atoms with Crippen molar-refractivity contribution in [3.8, 4) is 0 Å². The number of benzene rings is 2. The van der Waals surface area contributed by atoms with E-state index in [1.54, 1.807) is 11.9 Å². The van der Waals surface area contributed by atoms with Gasteiger partial charge in [0.15, 0.2) is 0 Å². The highest BCUT2D eigenvalue weighted by atomic mass is 35.5. The Kier molecular flexibility index (Phi) is 6.58. The molecule has 0 aliphatic heterocycles. The number of amides is 1. The predicted molar refractivity (Wildman–Crippen MR) is 98.9 cm³/mol. The van der Waals surface area contributed by atoms with Crippen LogP contribution in [-0.4, -0.2) is 32.8 Å². The van der Waals surface area contributed by atoms with E-state index >= 15 is 0 Å². The molecule has 0 aliphatic rings. The molecule has 0 atom stereocenters. The Morgan fingerprint density at radius 2 is 1.76 bits per heavy atom. The van der Waals surface area contributed by atoms with E-state index in [2.05, 4.69) is 4.72 Å². The van der Waals surface area contributed by atoms with Crippen LogP contribution in [0.25, 0.3) is 0 Å². The molecule has 0 radical (unpaired) electrons. The normalized spacial score (nSPS) is 11.3. The zero-order valence-electron chi connectivity index (χ0n) is 14.2. The van der Waals surface area contributed by atoms with Gasteiger partial charge in [0, 0.05) is 31.6 Å². The van der Waals surface area contributed by atoms with Gasteiger partial charge in [-0.25, -0.2) is 13.1 Å². The molecule has 0 saturated carbocycles. The summed E-state index contributed by atoms with van der Waals surface area (Å²) in [6, 6.07) is 13.7. The van der Waals surface area contributed by atoms with Gasteiger partial charge in [0.2, 0.25) is 15.9 Å². The minimum Gasteiger partial charge on any atom is -0.341 e. The van der Waals surface area contributed by atoms with Gasteiger partial charge in [-0.2, -0.15) is 0 Å². The number of sulfonamides is 1. The molecule has 0 aliphatic carbocycles. The molecule has 7 heteroatoms. The second kappa shape index (κ2) is 8.47. The summed E-state index contributed by atoms with van der Waals surface area (Å²) >= 11 is 5.75. The maximum Gasteiger partial charge on any atom is 0.240 e. The van der Waals surface area contributed by atoms with E-state index in [1.807, 2.05) is 31.2 Å². The van der Waals surface area contributed by atoms with Gasteiger partial charge >= 0.3 is 0 Å². The Labute approximate surface area is 153 Å². The molecule has 1 N–H and O–H groups in total. The van der Waals surface area contributed by atoms with E-state index in [-0.39, 0.29) is 23.8 Å². The highest BCUT2D eigenvalue weighted by molar-refractivity contribution is 7.89. The van der Waals surface area contributed by atoms with E-state index in [0.29, 0.717) is 11.6 Å². The number of rotatable bonds is 7. The number of hydrogen-bond acceptors (Lipinski definition) is 3. The lowest BCUT2D eigenvalue weighted by Gasteiger charge is -2.18. The Balaban J connectivity index is 1.87. The van der Waals surface area contributed by atoms with Crippen molar-refractivity contribution in [2.45, 2.75) is 24.8 Å². The predicted octanol–water partition coefficient (Wildman–Crippen LogP) is 2.98. The SMILES string of the molecule is Cc1ccccc1CN(C)C(=O)CCNS(=O)(=O)c1ccc(Cl)cc1. The second-order valence-electron chi connectivity index (χ2n) is 5.78. The van der Waals surface area contributed by atoms with Crippen LogP contribution in [0.2, 0.25) is 5.02 Å². The lowest BCUT2D eigenvalue weighted by molar-refractivity contribution is -0.130. The second-order valence-corrected chi connectivity index (χ2v) is 7.98. The van der Waals surface area contributed by atoms with Crippen molar-refractivity contribution in [3.05, 3.63) is 64.7 Å². The van der Waals surface area contributed by atoms with Crippen LogP contribution in [0.3, 0.4) is 0 Å². The smallest absolute Gasteiger partial charge is 0.240 e. The zero-order valence-corrected chi connectivity index (χ0v) is 15.8. The third kappa shape index (κ3) is 5.56. The molecular weight excluding hydrogens is 360 g/mol. The maximum atomic E-state index is 12.2. The van der Waals surface area contributed by atoms with E-state index in [1.165, 1.54) is 24.3 Å². The third-order valence-corrected chi connectivity index (χ3v) is 5.58. The van der Waals surface area contributed by atoms with Crippen LogP contribution in [0.15, 0.2) is 53.4 Å². The molecular formula is C18H21ClN2O3S. The first-order valence-electron chi connectivity index (χ1n) is 7.83. The third-order valence-electron chi connectivity index (χ3n) is 3.85. The quantitative estimate of drug-likeness (QED) is 0.803. The van der Waals surface area contributed by atoms with Gasteiger partial charge in [0.05, 0.1) is 4.90 Å². The van der Waals surface area contributed by atoms with Crippen LogP contribution < -0.4 is 4.72 Å². The summed E-state index contributed by atoms with van der Waals surface area (Å²) in [6.45, 7) is 2.53. The van der Waals surface area contributed by atoms with E-state index in [9.17, 15) is 13.2 Å². The van der Waals surface area contributed by atoms with E-state index in [0.717, 1.165) is 11.1 Å². The van der Waals surface area contributed by atoms with E-state index in [4.69, 9.17) is 11.6 Å². The fraction of sp³-hybridized carbons (Fsp3) is 0.278. The average Bonchev–Trinajstić information content (AvgIpc) is 2.57. The number of aryl methyl sites for hydroxylation is 1. The van der Waals surface area contributed by atoms with Crippen LogP contribution >= 0.6 is 11.6 Å². The van der Waals surface area contributed by atoms with Gasteiger partial charge in [-0.05, 0) is 42.3 Å². The number of nitrogens with zero attached hydrogens (tertiary/aromatic N) is 1. The minimum absolute atomic E-state index is 0.0436. The molecule has 0 saturated heterocycles. The van der Waals surface area contributed by atoms with Crippen molar-refractivity contribution in [2.24, 2.45) is 0 Å². The summed E-state index contributed by atoms with van der Waals surface area (Å²) in [6.07, 6.45) is 0.0925. The largest absolute Gasteiger partial charge is 0.341 e. The molecule has 0 aromatic heterocycles. The molecule has 2 rings (SSSR count). The van der Waals surface area contributed by atoms with Crippen molar-refractivity contribution in [3.63, 3.8) is 0 Å². The summed E-state index contributed by atoms with van der Waals surface area (Å²) in [7, 11) is -1.93. The van der Waals surface area contributed by atoms with Crippen molar-refractivity contribution >= 4 is 27.5 Å². The number of carbonyl (C=O) groups is 1. The van der Waals surface area contributed by atoms with Crippen LogP contribution in [-0.2, 0) is 21.4 Å². The number of hydrogen-bond donors (Lipinski definition) is 1. The lowest BCUT2D eigenvalue weighted by Crippen LogP contribution is -2.32. The van der Waals surface area contributed by atoms with Crippen molar-refractivity contribution < 1.29 is 13.2 Å². The fourth-order valence-corrected chi connectivity index (χ4v) is 3.47. The standard InChI is InChI=1S/C18H21ClN2O3S/c1-14-5-3-4-6-15(14)13-21(2)18(22)11-12-20-25(23,24)17-9-7-16(19)8-10-17/h3-10,20H,11-13H2,1-2H3. The van der Waals surface area contributed by atoms with Crippen molar-refractivity contribution in [2.75, 3.05) is 13.6 Å². The molecule has 0 bridgehead atoms. The van der Waals surface area contributed by atoms with Crippen LogP contribution in [0.4, 0.5) is 0 Å². The molecule has 25 heavy (non-hydrogen) atoms. The molecule has 0 unspecified atom stereocenters. The number of carbonyl (C=O) groups excluding carboxylic acids is 1. The van der Waals surface area contributed by atoms with Crippen LogP contribution in [0.1, 0.15) is 17.5 Å². The number of nitrogens with one attached hydrogen (secondary N) is 1. The molecule has 0 spiro atoms. The Morgan fingerprint density at radius 3 is 2.40 bits per heavy atom. The van der Waals surface area contributed by atoms with Crippen LogP contribution in [0.5, 0.6) is 0 Å². The summed E-state index contributed by atoms with van der Waals surface area (Å²) in [5.74, 6) is -0.123. The minimum atomic E-state index is -3.64. The van der Waals surface area contributed by atoms with Crippen LogP contribution in [0, 0.1) is 6.92 Å². The first-order chi connectivity index (χ1) is 11.8. The monoisotopic (exact) mass is 380 g/mol. The van der Waals surface area contributed by atoms with Gasteiger partial charge in [-0.1, -0.05) is 35.9 Å². The van der Waals surface area contributed by atoms with Gasteiger partial charge in [-0.15, -0.1) is 0 Å². The Bertz CT molecular complexity index is 836. The summed E-state index contributed by atoms with van der Waals surface area (Å²) < 4.78 is 26.7. The van der Waals surface area contributed by atoms with Crippen molar-refractivity contribution in [1.82, 2.24) is 9.62 Å². The fourth-order valence-electron chi connectivity index (χ4n) is 2.31. The summed E-state index contributed by atoms with van der Waals surface area (Å²) in [4.78, 5) is 13.9. The summed E-state index contributed by atoms with van der Waals surface area (Å²) in [5.41, 5.74) is 2.19. The van der Waals surface area contributed by atoms with Gasteiger partial charge in [0.1, 0.15) is 0 Å². The summed E-state index contributed by atoms with van der Waals surface area (Å²) in [5, 5.41) is 0.465. The highest BCUT2D eigenvalue weighted by Gasteiger charge is 2.15. The van der Waals surface area contributed by atoms with E-state index < -0.39 is 10.0 Å². The molecule has 1 amide bonds. The molecule has 2 aromatic rings. The van der Waals surface area contributed by atoms with Gasteiger partial charge in [-0.3, -0.25) is 4.79 Å². The molecule has 5 nitrogen and oxygen atoms in total. The van der Waals surface area contributed by atoms with Crippen molar-refractivity contribution in [1.29, 1.82) is 0 Å². The zero-order chi connectivity index (χ0) is 18.4. The Hall–Kier alpha value is -1.89. The van der Waals surface area contributed by atoms with Gasteiger partial charge < -0.3 is 4.90 Å².